The van der Waals surface area contributed by atoms with Crippen LogP contribution in [0.2, 0.25) is 0 Å². The molecule has 0 unspecified atom stereocenters. The Kier molecular flexibility index (Phi) is 3.81. The van der Waals surface area contributed by atoms with Gasteiger partial charge >= 0.3 is 6.18 Å². The summed E-state index contributed by atoms with van der Waals surface area (Å²) in [5.74, 6) is -0.485. The first-order valence-corrected chi connectivity index (χ1v) is 4.71. The van der Waals surface area contributed by atoms with Crippen LogP contribution in [0.25, 0.3) is 10.9 Å². The Morgan fingerprint density at radius 3 is 2.39 bits per heavy atom. The molecule has 0 aliphatic heterocycles. The van der Waals surface area contributed by atoms with Gasteiger partial charge in [-0.15, -0.1) is 12.4 Å². The zero-order valence-corrected chi connectivity index (χ0v) is 9.77. The Bertz CT molecular complexity index is 596. The summed E-state index contributed by atoms with van der Waals surface area (Å²) in [4.78, 5) is 3.90. The van der Waals surface area contributed by atoms with E-state index in [9.17, 15) is 13.2 Å². The number of rotatable bonds is 1. The number of benzene rings is 1. The van der Waals surface area contributed by atoms with E-state index in [4.69, 9.17) is 11.1 Å². The second kappa shape index (κ2) is 4.81. The minimum Gasteiger partial charge on any atom is -0.382 e. The van der Waals surface area contributed by atoms with Crippen LogP contribution in [0.3, 0.4) is 0 Å². The Balaban J connectivity index is 0.00000162. The molecule has 0 atom stereocenters. The SMILES string of the molecule is Cl.N=C(N)c1cc(C(F)(F)F)c2ccccc2n1. The van der Waals surface area contributed by atoms with E-state index in [0.29, 0.717) is 0 Å². The summed E-state index contributed by atoms with van der Waals surface area (Å²) >= 11 is 0. The number of nitrogens with zero attached hydrogens (tertiary/aromatic N) is 1. The third-order valence-electron chi connectivity index (χ3n) is 2.30. The van der Waals surface area contributed by atoms with Gasteiger partial charge in [0.2, 0.25) is 0 Å². The lowest BCUT2D eigenvalue weighted by atomic mass is 10.1. The highest BCUT2D eigenvalue weighted by atomic mass is 35.5. The van der Waals surface area contributed by atoms with Crippen molar-refractivity contribution in [2.45, 2.75) is 6.18 Å². The summed E-state index contributed by atoms with van der Waals surface area (Å²) in [6, 6.07) is 6.68. The summed E-state index contributed by atoms with van der Waals surface area (Å²) in [5.41, 5.74) is 4.35. The van der Waals surface area contributed by atoms with E-state index < -0.39 is 17.6 Å². The monoisotopic (exact) mass is 275 g/mol. The standard InChI is InChI=1S/C11H8F3N3.ClH/c12-11(13,14)7-5-9(10(15)16)17-8-4-2-1-3-6(7)8;/h1-5H,(H3,15,16);1H. The van der Waals surface area contributed by atoms with E-state index in [1.54, 1.807) is 6.07 Å². The average Bonchev–Trinajstić information content (AvgIpc) is 2.26. The van der Waals surface area contributed by atoms with Crippen LogP contribution in [0, 0.1) is 5.41 Å². The van der Waals surface area contributed by atoms with E-state index in [2.05, 4.69) is 4.98 Å². The van der Waals surface area contributed by atoms with Crippen molar-refractivity contribution in [2.24, 2.45) is 5.73 Å². The van der Waals surface area contributed by atoms with Gasteiger partial charge in [-0.3, -0.25) is 5.41 Å². The molecular formula is C11H9ClF3N3. The number of para-hydroxylation sites is 1. The molecule has 18 heavy (non-hydrogen) atoms. The van der Waals surface area contributed by atoms with Crippen LogP contribution in [-0.4, -0.2) is 10.8 Å². The molecule has 0 amide bonds. The zero-order valence-electron chi connectivity index (χ0n) is 8.95. The van der Waals surface area contributed by atoms with Gasteiger partial charge in [-0.1, -0.05) is 18.2 Å². The van der Waals surface area contributed by atoms with Crippen molar-refractivity contribution in [1.82, 2.24) is 4.98 Å². The fourth-order valence-electron chi connectivity index (χ4n) is 1.55. The largest absolute Gasteiger partial charge is 0.417 e. The van der Waals surface area contributed by atoms with Crippen LogP contribution in [-0.2, 0) is 6.18 Å². The smallest absolute Gasteiger partial charge is 0.382 e. The van der Waals surface area contributed by atoms with Gasteiger partial charge in [0.1, 0.15) is 11.5 Å². The fourth-order valence-corrected chi connectivity index (χ4v) is 1.55. The van der Waals surface area contributed by atoms with Crippen molar-refractivity contribution >= 4 is 29.1 Å². The third-order valence-corrected chi connectivity index (χ3v) is 2.30. The molecule has 0 bridgehead atoms. The number of hydrogen-bond acceptors (Lipinski definition) is 2. The van der Waals surface area contributed by atoms with E-state index in [0.717, 1.165) is 6.07 Å². The van der Waals surface area contributed by atoms with E-state index in [-0.39, 0.29) is 29.0 Å². The van der Waals surface area contributed by atoms with Gasteiger partial charge in [0.15, 0.2) is 0 Å². The quantitative estimate of drug-likeness (QED) is 0.621. The Morgan fingerprint density at radius 1 is 1.22 bits per heavy atom. The number of nitrogens with one attached hydrogen (secondary N) is 1. The highest BCUT2D eigenvalue weighted by Crippen LogP contribution is 2.34. The van der Waals surface area contributed by atoms with Gasteiger partial charge in [0.25, 0.3) is 0 Å². The summed E-state index contributed by atoms with van der Waals surface area (Å²) < 4.78 is 38.5. The molecule has 1 aromatic carbocycles. The van der Waals surface area contributed by atoms with Gasteiger partial charge in [-0.25, -0.2) is 4.98 Å². The number of halogens is 4. The summed E-state index contributed by atoms with van der Waals surface area (Å²) in [7, 11) is 0. The van der Waals surface area contributed by atoms with Crippen molar-refractivity contribution in [2.75, 3.05) is 0 Å². The fraction of sp³-hybridized carbons (Fsp3) is 0.0909. The summed E-state index contributed by atoms with van der Waals surface area (Å²) in [5, 5.41) is 7.16. The molecule has 0 saturated heterocycles. The topological polar surface area (TPSA) is 62.8 Å². The first-order valence-electron chi connectivity index (χ1n) is 4.71. The Morgan fingerprint density at radius 2 is 1.83 bits per heavy atom. The van der Waals surface area contributed by atoms with Crippen molar-refractivity contribution in [3.8, 4) is 0 Å². The first-order chi connectivity index (χ1) is 7.89. The second-order valence-electron chi connectivity index (χ2n) is 3.48. The van der Waals surface area contributed by atoms with Gasteiger partial charge in [-0.05, 0) is 12.1 Å². The van der Waals surface area contributed by atoms with Gasteiger partial charge in [0.05, 0.1) is 11.1 Å². The number of fused-ring (bicyclic) bond motifs is 1. The van der Waals surface area contributed by atoms with Crippen LogP contribution >= 0.6 is 12.4 Å². The van der Waals surface area contributed by atoms with Crippen molar-refractivity contribution < 1.29 is 13.2 Å². The average molecular weight is 276 g/mol. The molecule has 96 valence electrons. The lowest BCUT2D eigenvalue weighted by molar-refractivity contribution is -0.136. The molecule has 7 heteroatoms. The van der Waals surface area contributed by atoms with Gasteiger partial charge < -0.3 is 5.73 Å². The molecule has 1 aromatic heterocycles. The minimum atomic E-state index is -4.49. The second-order valence-corrected chi connectivity index (χ2v) is 3.48. The molecule has 3 nitrogen and oxygen atoms in total. The number of alkyl halides is 3. The number of nitrogens with two attached hydrogens (primary N) is 1. The molecule has 0 spiro atoms. The lowest BCUT2D eigenvalue weighted by Crippen LogP contribution is -2.16. The normalized spacial score (nSPS) is 11.1. The molecular weight excluding hydrogens is 267 g/mol. The number of hydrogen-bond donors (Lipinski definition) is 2. The van der Waals surface area contributed by atoms with Crippen molar-refractivity contribution in [3.63, 3.8) is 0 Å². The molecule has 2 aromatic rings. The number of nitrogen functional groups attached to an aromatic ring is 1. The molecule has 0 aliphatic carbocycles. The Labute approximate surface area is 107 Å². The Hall–Kier alpha value is -1.82. The molecule has 2 rings (SSSR count). The predicted octanol–water partition coefficient (Wildman–Crippen LogP) is 2.96. The van der Waals surface area contributed by atoms with E-state index in [1.807, 2.05) is 0 Å². The summed E-state index contributed by atoms with van der Waals surface area (Å²) in [6.07, 6.45) is -4.49. The number of aromatic nitrogens is 1. The van der Waals surface area contributed by atoms with Crippen LogP contribution in [0.15, 0.2) is 30.3 Å². The first kappa shape index (κ1) is 14.2. The van der Waals surface area contributed by atoms with Crippen LogP contribution in [0.1, 0.15) is 11.3 Å². The molecule has 0 aliphatic rings. The van der Waals surface area contributed by atoms with Crippen LogP contribution < -0.4 is 5.73 Å². The molecule has 3 N–H and O–H groups in total. The maximum Gasteiger partial charge on any atom is 0.417 e. The minimum absolute atomic E-state index is 0. The maximum absolute atomic E-state index is 12.8. The maximum atomic E-state index is 12.8. The van der Waals surface area contributed by atoms with Gasteiger partial charge in [-0.2, -0.15) is 13.2 Å². The van der Waals surface area contributed by atoms with Crippen molar-refractivity contribution in [3.05, 3.63) is 41.6 Å². The summed E-state index contributed by atoms with van der Waals surface area (Å²) in [6.45, 7) is 0. The number of amidine groups is 1. The molecule has 0 fully saturated rings. The van der Waals surface area contributed by atoms with Crippen LogP contribution in [0.5, 0.6) is 0 Å². The number of pyridine rings is 1. The predicted molar refractivity (Wildman–Crippen MR) is 65.0 cm³/mol. The highest BCUT2D eigenvalue weighted by Gasteiger charge is 2.33. The van der Waals surface area contributed by atoms with Crippen LogP contribution in [0.4, 0.5) is 13.2 Å². The molecule has 0 saturated carbocycles. The molecule has 1 heterocycles. The van der Waals surface area contributed by atoms with Crippen molar-refractivity contribution in [1.29, 1.82) is 5.41 Å². The van der Waals surface area contributed by atoms with E-state index in [1.165, 1.54) is 18.2 Å². The molecule has 0 radical (unpaired) electrons. The highest BCUT2D eigenvalue weighted by molar-refractivity contribution is 5.96. The zero-order chi connectivity index (χ0) is 12.6. The lowest BCUT2D eigenvalue weighted by Gasteiger charge is -2.11. The van der Waals surface area contributed by atoms with E-state index >= 15 is 0 Å². The van der Waals surface area contributed by atoms with Gasteiger partial charge in [0, 0.05) is 5.39 Å². The third kappa shape index (κ3) is 2.53.